The Hall–Kier alpha value is -1.55. The van der Waals surface area contributed by atoms with Crippen LogP contribution in [-0.2, 0) is 11.2 Å². The van der Waals surface area contributed by atoms with Crippen LogP contribution >= 0.6 is 0 Å². The molecule has 0 bridgehead atoms. The number of hydrogen-bond donors (Lipinski definition) is 1. The molecule has 1 aliphatic heterocycles. The van der Waals surface area contributed by atoms with E-state index in [1.165, 1.54) is 5.56 Å². The van der Waals surface area contributed by atoms with Crippen LogP contribution in [0.1, 0.15) is 24.8 Å². The van der Waals surface area contributed by atoms with Gasteiger partial charge in [-0.15, -0.1) is 0 Å². The zero-order valence-corrected chi connectivity index (χ0v) is 10.8. The van der Waals surface area contributed by atoms with Crippen LogP contribution in [0.5, 0.6) is 5.75 Å². The molecule has 1 heterocycles. The second-order valence-electron chi connectivity index (χ2n) is 4.59. The molecule has 0 fully saturated rings. The van der Waals surface area contributed by atoms with E-state index in [-0.39, 0.29) is 5.91 Å². The minimum absolute atomic E-state index is 0.108. The van der Waals surface area contributed by atoms with Crippen LogP contribution in [-0.4, -0.2) is 26.1 Å². The van der Waals surface area contributed by atoms with Crippen molar-refractivity contribution in [2.75, 3.05) is 25.1 Å². The molecule has 0 unspecified atom stereocenters. The van der Waals surface area contributed by atoms with E-state index in [2.05, 4.69) is 6.07 Å². The average Bonchev–Trinajstić information content (AvgIpc) is 2.43. The molecule has 98 valence electrons. The molecular formula is C14H20N2O2. The molecular weight excluding hydrogens is 228 g/mol. The summed E-state index contributed by atoms with van der Waals surface area (Å²) in [4.78, 5) is 13.6. The van der Waals surface area contributed by atoms with Crippen molar-refractivity contribution in [2.45, 2.75) is 25.7 Å². The number of nitrogens with two attached hydrogens (primary N) is 1. The number of hydrogen-bond acceptors (Lipinski definition) is 3. The molecule has 18 heavy (non-hydrogen) atoms. The summed E-state index contributed by atoms with van der Waals surface area (Å²) in [5, 5.41) is 0. The zero-order valence-electron chi connectivity index (χ0n) is 10.8. The van der Waals surface area contributed by atoms with Crippen molar-refractivity contribution in [1.82, 2.24) is 0 Å². The fraction of sp³-hybridized carbons (Fsp3) is 0.500. The maximum atomic E-state index is 11.9. The van der Waals surface area contributed by atoms with Gasteiger partial charge in [-0.25, -0.2) is 0 Å². The molecule has 0 spiro atoms. The minimum atomic E-state index is 0.108. The summed E-state index contributed by atoms with van der Waals surface area (Å²) in [7, 11) is 1.81. The van der Waals surface area contributed by atoms with E-state index in [0.29, 0.717) is 13.0 Å². The van der Waals surface area contributed by atoms with Gasteiger partial charge in [-0.3, -0.25) is 4.79 Å². The number of amides is 1. The van der Waals surface area contributed by atoms with Gasteiger partial charge in [0.2, 0.25) is 5.91 Å². The van der Waals surface area contributed by atoms with Gasteiger partial charge in [-0.1, -0.05) is 0 Å². The second kappa shape index (κ2) is 5.87. The van der Waals surface area contributed by atoms with Crippen molar-refractivity contribution >= 4 is 11.6 Å². The van der Waals surface area contributed by atoms with Gasteiger partial charge in [0.1, 0.15) is 5.75 Å². The smallest absolute Gasteiger partial charge is 0.226 e. The van der Waals surface area contributed by atoms with E-state index in [4.69, 9.17) is 10.5 Å². The Morgan fingerprint density at radius 2 is 2.33 bits per heavy atom. The van der Waals surface area contributed by atoms with Crippen LogP contribution in [0.2, 0.25) is 0 Å². The molecule has 2 rings (SSSR count). The lowest BCUT2D eigenvalue weighted by Gasteiger charge is -2.22. The number of fused-ring (bicyclic) bond motifs is 1. The van der Waals surface area contributed by atoms with Crippen molar-refractivity contribution in [3.05, 3.63) is 23.8 Å². The normalized spacial score (nSPS) is 13.7. The average molecular weight is 248 g/mol. The van der Waals surface area contributed by atoms with Gasteiger partial charge >= 0.3 is 0 Å². The highest BCUT2D eigenvalue weighted by Crippen LogP contribution is 2.29. The topological polar surface area (TPSA) is 55.6 Å². The Bertz CT molecular complexity index is 432. The predicted octanol–water partition coefficient (Wildman–Crippen LogP) is 1.71. The third-order valence-electron chi connectivity index (χ3n) is 3.25. The Labute approximate surface area is 108 Å². The lowest BCUT2D eigenvalue weighted by atomic mass is 10.1. The van der Waals surface area contributed by atoms with Gasteiger partial charge in [0.15, 0.2) is 0 Å². The number of nitrogens with zero attached hydrogens (tertiary/aromatic N) is 1. The summed E-state index contributed by atoms with van der Waals surface area (Å²) in [5.41, 5.74) is 7.54. The molecule has 2 N–H and O–H groups in total. The zero-order chi connectivity index (χ0) is 13.0. The highest BCUT2D eigenvalue weighted by molar-refractivity contribution is 5.92. The van der Waals surface area contributed by atoms with Crippen molar-refractivity contribution in [3.63, 3.8) is 0 Å². The first-order chi connectivity index (χ1) is 8.72. The predicted molar refractivity (Wildman–Crippen MR) is 72.0 cm³/mol. The Morgan fingerprint density at radius 1 is 1.50 bits per heavy atom. The van der Waals surface area contributed by atoms with E-state index < -0.39 is 0 Å². The number of carbonyl (C=O) groups excluding carboxylic acids is 1. The lowest BCUT2D eigenvalue weighted by Crippen LogP contribution is -2.26. The van der Waals surface area contributed by atoms with Gasteiger partial charge in [0.05, 0.1) is 6.61 Å². The maximum Gasteiger partial charge on any atom is 0.226 e. The monoisotopic (exact) mass is 248 g/mol. The number of benzene rings is 1. The number of ether oxygens (including phenoxy) is 1. The van der Waals surface area contributed by atoms with E-state index in [0.717, 1.165) is 37.3 Å². The van der Waals surface area contributed by atoms with Gasteiger partial charge in [0, 0.05) is 19.2 Å². The fourth-order valence-corrected chi connectivity index (χ4v) is 2.12. The van der Waals surface area contributed by atoms with Gasteiger partial charge in [-0.2, -0.15) is 0 Å². The Kier molecular flexibility index (Phi) is 4.20. The van der Waals surface area contributed by atoms with Crippen LogP contribution in [0, 0.1) is 0 Å². The summed E-state index contributed by atoms with van der Waals surface area (Å²) in [6, 6.07) is 5.94. The van der Waals surface area contributed by atoms with Crippen LogP contribution in [0.3, 0.4) is 0 Å². The summed E-state index contributed by atoms with van der Waals surface area (Å²) >= 11 is 0. The molecule has 0 aromatic heterocycles. The van der Waals surface area contributed by atoms with Crippen LogP contribution in [0.4, 0.5) is 5.69 Å². The Balaban J connectivity index is 2.10. The molecule has 4 nitrogen and oxygen atoms in total. The molecule has 1 amide bonds. The molecule has 0 radical (unpaired) electrons. The molecule has 1 aromatic carbocycles. The molecule has 0 aliphatic carbocycles. The Morgan fingerprint density at radius 3 is 3.11 bits per heavy atom. The molecule has 1 aromatic rings. The molecule has 4 heteroatoms. The minimum Gasteiger partial charge on any atom is -0.493 e. The third kappa shape index (κ3) is 2.82. The highest BCUT2D eigenvalue weighted by Gasteiger charge is 2.15. The molecule has 0 saturated carbocycles. The largest absolute Gasteiger partial charge is 0.493 e. The number of rotatable bonds is 4. The third-order valence-corrected chi connectivity index (χ3v) is 3.25. The van der Waals surface area contributed by atoms with Gasteiger partial charge in [0.25, 0.3) is 0 Å². The van der Waals surface area contributed by atoms with Crippen molar-refractivity contribution in [1.29, 1.82) is 0 Å². The quantitative estimate of drug-likeness (QED) is 0.882. The number of carbonyl (C=O) groups is 1. The number of aryl methyl sites for hydroxylation is 1. The summed E-state index contributed by atoms with van der Waals surface area (Å²) < 4.78 is 5.56. The van der Waals surface area contributed by atoms with Crippen molar-refractivity contribution < 1.29 is 9.53 Å². The SMILES string of the molecule is CN(C(=O)CCCN)c1ccc2c(c1)CCCO2. The van der Waals surface area contributed by atoms with E-state index in [1.54, 1.807) is 4.90 Å². The highest BCUT2D eigenvalue weighted by atomic mass is 16.5. The van der Waals surface area contributed by atoms with Crippen LogP contribution in [0.15, 0.2) is 18.2 Å². The van der Waals surface area contributed by atoms with Crippen LogP contribution < -0.4 is 15.4 Å². The first kappa shape index (κ1) is 12.9. The molecule has 0 saturated heterocycles. The first-order valence-electron chi connectivity index (χ1n) is 6.44. The standard InChI is InChI=1S/C14H20N2O2/c1-16(14(17)5-2-8-15)12-6-7-13-11(10-12)4-3-9-18-13/h6-7,10H,2-5,8-9,15H2,1H3. The van der Waals surface area contributed by atoms with Crippen LogP contribution in [0.25, 0.3) is 0 Å². The molecule has 0 atom stereocenters. The summed E-state index contributed by atoms with van der Waals surface area (Å²) in [5.74, 6) is 1.06. The fourth-order valence-electron chi connectivity index (χ4n) is 2.12. The maximum absolute atomic E-state index is 11.9. The first-order valence-corrected chi connectivity index (χ1v) is 6.44. The lowest BCUT2D eigenvalue weighted by molar-refractivity contribution is -0.118. The molecule has 1 aliphatic rings. The number of anilines is 1. The summed E-state index contributed by atoms with van der Waals surface area (Å²) in [6.07, 6.45) is 3.30. The van der Waals surface area contributed by atoms with Gasteiger partial charge < -0.3 is 15.4 Å². The van der Waals surface area contributed by atoms with Crippen molar-refractivity contribution in [2.24, 2.45) is 5.73 Å². The van der Waals surface area contributed by atoms with E-state index in [1.807, 2.05) is 19.2 Å². The van der Waals surface area contributed by atoms with Gasteiger partial charge in [-0.05, 0) is 49.6 Å². The van der Waals surface area contributed by atoms with Crippen molar-refractivity contribution in [3.8, 4) is 5.75 Å². The summed E-state index contributed by atoms with van der Waals surface area (Å²) in [6.45, 7) is 1.34. The second-order valence-corrected chi connectivity index (χ2v) is 4.59. The van der Waals surface area contributed by atoms with E-state index >= 15 is 0 Å². The van der Waals surface area contributed by atoms with E-state index in [9.17, 15) is 4.79 Å².